The maximum absolute atomic E-state index is 14.6. The summed E-state index contributed by atoms with van der Waals surface area (Å²) in [6, 6.07) is 10.6. The van der Waals surface area contributed by atoms with Gasteiger partial charge in [0.25, 0.3) is 5.92 Å². The van der Waals surface area contributed by atoms with E-state index in [2.05, 4.69) is 22.0 Å². The Labute approximate surface area is 204 Å². The molecule has 4 rings (SSSR count). The van der Waals surface area contributed by atoms with Gasteiger partial charge in [0, 0.05) is 51.4 Å². The SMILES string of the molecule is C[C@@H]1CN(c2ncc(C(C)(F)F)cc2F)C[C@H](C)N1C(=O)OC1CCN(Cc2ccccc2)CC1. The molecule has 2 fully saturated rings. The molecule has 0 unspecified atom stereocenters. The first kappa shape index (κ1) is 25.3. The highest BCUT2D eigenvalue weighted by Crippen LogP contribution is 2.30. The summed E-state index contributed by atoms with van der Waals surface area (Å²) < 4.78 is 47.5. The molecule has 2 atom stereocenters. The number of hydrogen-bond acceptors (Lipinski definition) is 5. The molecule has 0 saturated carbocycles. The molecule has 190 valence electrons. The van der Waals surface area contributed by atoms with E-state index in [1.807, 2.05) is 32.0 Å². The van der Waals surface area contributed by atoms with Crippen LogP contribution in [0.1, 0.15) is 44.7 Å². The topological polar surface area (TPSA) is 48.9 Å². The lowest BCUT2D eigenvalue weighted by molar-refractivity contribution is 0.00974. The van der Waals surface area contributed by atoms with Gasteiger partial charge in [-0.15, -0.1) is 0 Å². The third kappa shape index (κ3) is 6.07. The van der Waals surface area contributed by atoms with E-state index in [-0.39, 0.29) is 30.1 Å². The largest absolute Gasteiger partial charge is 0.446 e. The summed E-state index contributed by atoms with van der Waals surface area (Å²) in [5.74, 6) is -3.93. The predicted octanol–water partition coefficient (Wildman–Crippen LogP) is 5.03. The van der Waals surface area contributed by atoms with Crippen LogP contribution in [0.25, 0.3) is 0 Å². The van der Waals surface area contributed by atoms with E-state index in [1.165, 1.54) is 5.56 Å². The van der Waals surface area contributed by atoms with E-state index in [4.69, 9.17) is 4.74 Å². The van der Waals surface area contributed by atoms with Crippen molar-refractivity contribution in [3.8, 4) is 0 Å². The Morgan fingerprint density at radius 2 is 1.74 bits per heavy atom. The van der Waals surface area contributed by atoms with Gasteiger partial charge in [0.15, 0.2) is 11.6 Å². The Morgan fingerprint density at radius 3 is 2.31 bits per heavy atom. The molecular formula is C26H33F3N4O2. The normalized spacial score (nSPS) is 22.3. The van der Waals surface area contributed by atoms with Crippen LogP contribution >= 0.6 is 0 Å². The maximum atomic E-state index is 14.6. The lowest BCUT2D eigenvalue weighted by Crippen LogP contribution is -2.59. The van der Waals surface area contributed by atoms with E-state index in [0.717, 1.165) is 44.7 Å². The number of pyridine rings is 1. The molecule has 3 heterocycles. The van der Waals surface area contributed by atoms with Gasteiger partial charge in [0.2, 0.25) is 0 Å². The van der Waals surface area contributed by atoms with Crippen LogP contribution in [0.2, 0.25) is 0 Å². The van der Waals surface area contributed by atoms with Crippen molar-refractivity contribution >= 4 is 11.9 Å². The van der Waals surface area contributed by atoms with Crippen molar-refractivity contribution in [3.63, 3.8) is 0 Å². The average molecular weight is 491 g/mol. The summed E-state index contributed by atoms with van der Waals surface area (Å²) in [5.41, 5.74) is 0.810. The fraction of sp³-hybridized carbons (Fsp3) is 0.538. The molecule has 0 radical (unpaired) electrons. The van der Waals surface area contributed by atoms with E-state index in [1.54, 1.807) is 9.80 Å². The third-order valence-corrected chi connectivity index (χ3v) is 6.81. The lowest BCUT2D eigenvalue weighted by atomic mass is 10.1. The second kappa shape index (κ2) is 10.4. The molecular weight excluding hydrogens is 457 g/mol. The van der Waals surface area contributed by atoms with Crippen LogP contribution in [0, 0.1) is 5.82 Å². The molecule has 35 heavy (non-hydrogen) atoms. The van der Waals surface area contributed by atoms with Gasteiger partial charge < -0.3 is 9.64 Å². The summed E-state index contributed by atoms with van der Waals surface area (Å²) >= 11 is 0. The molecule has 2 aliphatic heterocycles. The van der Waals surface area contributed by atoms with Crippen LogP contribution in [-0.2, 0) is 17.2 Å². The van der Waals surface area contributed by atoms with Gasteiger partial charge in [-0.05, 0) is 38.3 Å². The van der Waals surface area contributed by atoms with Crippen molar-refractivity contribution in [2.75, 3.05) is 31.1 Å². The number of alkyl halides is 2. The number of amides is 1. The number of rotatable bonds is 5. The molecule has 0 aliphatic carbocycles. The maximum Gasteiger partial charge on any atom is 0.410 e. The van der Waals surface area contributed by atoms with Crippen LogP contribution in [0.15, 0.2) is 42.6 Å². The third-order valence-electron chi connectivity index (χ3n) is 6.81. The fourth-order valence-corrected chi connectivity index (χ4v) is 4.99. The van der Waals surface area contributed by atoms with Crippen LogP contribution in [-0.4, -0.2) is 65.2 Å². The van der Waals surface area contributed by atoms with Crippen molar-refractivity contribution in [1.82, 2.24) is 14.8 Å². The number of aromatic nitrogens is 1. The van der Waals surface area contributed by atoms with Crippen molar-refractivity contribution in [3.05, 3.63) is 59.5 Å². The van der Waals surface area contributed by atoms with Crippen LogP contribution in [0.5, 0.6) is 0 Å². The second-order valence-corrected chi connectivity index (χ2v) is 9.77. The van der Waals surface area contributed by atoms with Gasteiger partial charge in [-0.3, -0.25) is 9.80 Å². The smallest absolute Gasteiger partial charge is 0.410 e. The minimum atomic E-state index is -3.16. The number of hydrogen-bond donors (Lipinski definition) is 0. The van der Waals surface area contributed by atoms with E-state index >= 15 is 0 Å². The van der Waals surface area contributed by atoms with Crippen LogP contribution in [0.3, 0.4) is 0 Å². The molecule has 6 nitrogen and oxygen atoms in total. The van der Waals surface area contributed by atoms with Crippen LogP contribution in [0.4, 0.5) is 23.8 Å². The molecule has 9 heteroatoms. The Kier molecular flexibility index (Phi) is 7.54. The van der Waals surface area contributed by atoms with Crippen LogP contribution < -0.4 is 4.90 Å². The fourth-order valence-electron chi connectivity index (χ4n) is 4.99. The Hall–Kier alpha value is -2.81. The summed E-state index contributed by atoms with van der Waals surface area (Å²) in [6.45, 7) is 7.75. The number of likely N-dealkylation sites (tertiary alicyclic amines) is 1. The molecule has 2 aliphatic rings. The van der Waals surface area contributed by atoms with Gasteiger partial charge in [0.05, 0.1) is 12.1 Å². The quantitative estimate of drug-likeness (QED) is 0.588. The van der Waals surface area contributed by atoms with Gasteiger partial charge in [0.1, 0.15) is 6.10 Å². The zero-order valence-corrected chi connectivity index (χ0v) is 20.5. The minimum Gasteiger partial charge on any atom is -0.446 e. The Morgan fingerprint density at radius 1 is 1.11 bits per heavy atom. The molecule has 2 saturated heterocycles. The minimum absolute atomic E-state index is 0.0236. The van der Waals surface area contributed by atoms with Gasteiger partial charge in [-0.1, -0.05) is 30.3 Å². The molecule has 0 N–H and O–H groups in total. The van der Waals surface area contributed by atoms with E-state index in [0.29, 0.717) is 20.0 Å². The monoisotopic (exact) mass is 490 g/mol. The molecule has 0 spiro atoms. The first-order valence-electron chi connectivity index (χ1n) is 12.2. The number of piperazine rings is 1. The second-order valence-electron chi connectivity index (χ2n) is 9.77. The first-order valence-corrected chi connectivity index (χ1v) is 12.2. The summed E-state index contributed by atoms with van der Waals surface area (Å²) in [6.07, 6.45) is 2.09. The van der Waals surface area contributed by atoms with E-state index in [9.17, 15) is 18.0 Å². The van der Waals surface area contributed by atoms with Crippen molar-refractivity contribution in [1.29, 1.82) is 0 Å². The average Bonchev–Trinajstić information content (AvgIpc) is 2.80. The van der Waals surface area contributed by atoms with Gasteiger partial charge >= 0.3 is 6.09 Å². The Bertz CT molecular complexity index is 997. The number of halogens is 3. The van der Waals surface area contributed by atoms with Gasteiger partial charge in [-0.2, -0.15) is 0 Å². The summed E-state index contributed by atoms with van der Waals surface area (Å²) in [4.78, 5) is 22.8. The highest BCUT2D eigenvalue weighted by molar-refractivity contribution is 5.69. The molecule has 1 aromatic carbocycles. The first-order chi connectivity index (χ1) is 16.6. The van der Waals surface area contributed by atoms with Crippen molar-refractivity contribution in [2.45, 2.75) is 64.3 Å². The van der Waals surface area contributed by atoms with Crippen molar-refractivity contribution in [2.24, 2.45) is 0 Å². The van der Waals surface area contributed by atoms with Crippen molar-refractivity contribution < 1.29 is 22.7 Å². The highest BCUT2D eigenvalue weighted by Gasteiger charge is 2.37. The molecule has 1 amide bonds. The summed E-state index contributed by atoms with van der Waals surface area (Å²) in [7, 11) is 0. The highest BCUT2D eigenvalue weighted by atomic mass is 19.3. The number of ether oxygens (including phenoxy) is 1. The predicted molar refractivity (Wildman–Crippen MR) is 128 cm³/mol. The van der Waals surface area contributed by atoms with E-state index < -0.39 is 17.3 Å². The number of anilines is 1. The molecule has 1 aromatic heterocycles. The Balaban J connectivity index is 1.31. The molecule has 2 aromatic rings. The standard InChI is InChI=1S/C26H33F3N4O2/c1-18-15-32(24-23(27)13-21(14-30-24)26(3,28)29)16-19(2)33(18)25(34)35-22-9-11-31(12-10-22)17-20-7-5-4-6-8-20/h4-8,13-14,18-19,22H,9-12,15-17H2,1-3H3/t18-,19+. The number of carbonyl (C=O) groups is 1. The number of piperidine rings is 1. The van der Waals surface area contributed by atoms with Gasteiger partial charge in [-0.25, -0.2) is 22.9 Å². The molecule has 0 bridgehead atoms. The summed E-state index contributed by atoms with van der Waals surface area (Å²) in [5, 5.41) is 0. The zero-order valence-electron chi connectivity index (χ0n) is 20.5. The number of nitrogens with zero attached hydrogens (tertiary/aromatic N) is 4. The zero-order chi connectivity index (χ0) is 25.2. The number of carbonyl (C=O) groups excluding carboxylic acids is 1. The number of benzene rings is 1. The lowest BCUT2D eigenvalue weighted by Gasteiger charge is -2.44.